The molecule has 36 heavy (non-hydrogen) atoms. The lowest BCUT2D eigenvalue weighted by Gasteiger charge is -2.41. The summed E-state index contributed by atoms with van der Waals surface area (Å²) in [6.07, 6.45) is 4.24. The molecule has 0 aromatic heterocycles. The third kappa shape index (κ3) is 7.26. The lowest BCUT2D eigenvalue weighted by atomic mass is 9.74. The van der Waals surface area contributed by atoms with Crippen LogP contribution in [0.4, 0.5) is 8.78 Å². The Labute approximate surface area is 213 Å². The Morgan fingerprint density at radius 2 is 1.69 bits per heavy atom. The number of hydrogen-bond acceptors (Lipinski definition) is 4. The van der Waals surface area contributed by atoms with E-state index in [0.717, 1.165) is 49.5 Å². The summed E-state index contributed by atoms with van der Waals surface area (Å²) in [5.41, 5.74) is 2.27. The maximum atomic E-state index is 13.7. The van der Waals surface area contributed by atoms with E-state index < -0.39 is 23.8 Å². The smallest absolute Gasteiger partial charge is 0.217 e. The summed E-state index contributed by atoms with van der Waals surface area (Å²) < 4.78 is 33.1. The van der Waals surface area contributed by atoms with Crippen LogP contribution in [0.5, 0.6) is 5.75 Å². The molecule has 198 valence electrons. The van der Waals surface area contributed by atoms with Crippen molar-refractivity contribution in [2.45, 2.75) is 89.3 Å². The van der Waals surface area contributed by atoms with Gasteiger partial charge in [0, 0.05) is 25.1 Å². The molecule has 2 aromatic carbocycles. The molecule has 0 bridgehead atoms. The number of benzene rings is 2. The first-order valence-corrected chi connectivity index (χ1v) is 12.8. The van der Waals surface area contributed by atoms with Gasteiger partial charge in [-0.2, -0.15) is 0 Å². The minimum absolute atomic E-state index is 0.0601. The van der Waals surface area contributed by atoms with Crippen molar-refractivity contribution >= 4 is 5.91 Å². The number of methoxy groups -OCH3 is 1. The largest absolute Gasteiger partial charge is 0.497 e. The fraction of sp³-hybridized carbons (Fsp3) is 0.552. The summed E-state index contributed by atoms with van der Waals surface area (Å²) >= 11 is 0. The first-order valence-electron chi connectivity index (χ1n) is 12.8. The van der Waals surface area contributed by atoms with Crippen LogP contribution in [0.3, 0.4) is 0 Å². The van der Waals surface area contributed by atoms with E-state index in [1.54, 1.807) is 7.11 Å². The molecule has 5 nitrogen and oxygen atoms in total. The number of aliphatic hydroxyl groups is 1. The fourth-order valence-corrected chi connectivity index (χ4v) is 5.12. The van der Waals surface area contributed by atoms with Gasteiger partial charge in [0.2, 0.25) is 5.91 Å². The highest BCUT2D eigenvalue weighted by atomic mass is 19.1. The van der Waals surface area contributed by atoms with Crippen molar-refractivity contribution in [3.8, 4) is 5.75 Å². The van der Waals surface area contributed by atoms with Gasteiger partial charge in [-0.3, -0.25) is 4.79 Å². The number of nitrogens with one attached hydrogen (secondary N) is 2. The molecule has 3 rings (SSSR count). The Kier molecular flexibility index (Phi) is 9.12. The Morgan fingerprint density at radius 1 is 1.06 bits per heavy atom. The van der Waals surface area contributed by atoms with Crippen LogP contribution in [0.1, 0.15) is 76.5 Å². The van der Waals surface area contributed by atoms with Gasteiger partial charge in [0.25, 0.3) is 0 Å². The second-order valence-electron chi connectivity index (χ2n) is 11.1. The van der Waals surface area contributed by atoms with Gasteiger partial charge in [0.05, 0.1) is 19.3 Å². The van der Waals surface area contributed by atoms with Crippen LogP contribution >= 0.6 is 0 Å². The topological polar surface area (TPSA) is 70.6 Å². The molecule has 2 aromatic rings. The van der Waals surface area contributed by atoms with Crippen LogP contribution in [0.2, 0.25) is 0 Å². The second kappa shape index (κ2) is 11.7. The van der Waals surface area contributed by atoms with Crippen LogP contribution in [0, 0.1) is 11.6 Å². The molecule has 0 unspecified atom stereocenters. The van der Waals surface area contributed by atoms with Crippen molar-refractivity contribution in [1.29, 1.82) is 0 Å². The van der Waals surface area contributed by atoms with Crippen molar-refractivity contribution < 1.29 is 23.4 Å². The summed E-state index contributed by atoms with van der Waals surface area (Å²) in [6.45, 7) is 8.09. The lowest BCUT2D eigenvalue weighted by molar-refractivity contribution is -0.120. The molecule has 2 atom stereocenters. The molecular weight excluding hydrogens is 462 g/mol. The normalized spacial score (nSPS) is 17.3. The number of amides is 1. The predicted molar refractivity (Wildman–Crippen MR) is 138 cm³/mol. The number of carbonyl (C=O) groups is 1. The fourth-order valence-electron chi connectivity index (χ4n) is 5.12. The zero-order valence-electron chi connectivity index (χ0n) is 22.1. The van der Waals surface area contributed by atoms with E-state index in [-0.39, 0.29) is 29.8 Å². The standard InChI is InChI=1S/C29H40F2N2O3/c1-19(34)33-26(13-20-11-23(30)17-24(31)12-20)27(35)18-32-29(9-7-6-8-10-29)22-14-21(28(2,3)4)15-25(16-22)36-5/h11-12,14-17,26-27,32,35H,6-10,13,18H2,1-5H3,(H,33,34)/t26-,27+/m0/s1. The summed E-state index contributed by atoms with van der Waals surface area (Å²) in [5, 5.41) is 17.5. The molecule has 0 aliphatic heterocycles. The van der Waals surface area contributed by atoms with Crippen molar-refractivity contribution in [2.24, 2.45) is 0 Å². The minimum Gasteiger partial charge on any atom is -0.497 e. The molecule has 0 heterocycles. The Bertz CT molecular complexity index is 1030. The number of hydrogen-bond donors (Lipinski definition) is 3. The zero-order valence-corrected chi connectivity index (χ0v) is 22.1. The van der Waals surface area contributed by atoms with Gasteiger partial charge in [-0.15, -0.1) is 0 Å². The average molecular weight is 503 g/mol. The second-order valence-corrected chi connectivity index (χ2v) is 11.1. The van der Waals surface area contributed by atoms with E-state index in [1.807, 2.05) is 0 Å². The summed E-state index contributed by atoms with van der Waals surface area (Å²) in [6, 6.07) is 8.93. The molecule has 0 radical (unpaired) electrons. The predicted octanol–water partition coefficient (Wildman–Crippen LogP) is 5.13. The molecular formula is C29H40F2N2O3. The Hall–Kier alpha value is -2.51. The van der Waals surface area contributed by atoms with E-state index in [9.17, 15) is 18.7 Å². The Morgan fingerprint density at radius 3 is 2.25 bits per heavy atom. The first kappa shape index (κ1) is 28.1. The van der Waals surface area contributed by atoms with Gasteiger partial charge in [0.15, 0.2) is 0 Å². The number of aliphatic hydroxyl groups excluding tert-OH is 1. The number of ether oxygens (including phenoxy) is 1. The van der Waals surface area contributed by atoms with E-state index in [0.29, 0.717) is 5.56 Å². The van der Waals surface area contributed by atoms with E-state index in [4.69, 9.17) is 4.74 Å². The highest BCUT2D eigenvalue weighted by Gasteiger charge is 2.36. The van der Waals surface area contributed by atoms with Crippen molar-refractivity contribution in [3.05, 3.63) is 64.7 Å². The van der Waals surface area contributed by atoms with Crippen LogP contribution in [-0.2, 0) is 22.2 Å². The van der Waals surface area contributed by atoms with E-state index >= 15 is 0 Å². The van der Waals surface area contributed by atoms with Crippen LogP contribution < -0.4 is 15.4 Å². The highest BCUT2D eigenvalue weighted by Crippen LogP contribution is 2.40. The number of rotatable bonds is 9. The molecule has 3 N–H and O–H groups in total. The molecule has 1 saturated carbocycles. The van der Waals surface area contributed by atoms with Crippen molar-refractivity contribution in [1.82, 2.24) is 10.6 Å². The SMILES string of the molecule is COc1cc(C(C)(C)C)cc(C2(NC[C@@H](O)[C@H](Cc3cc(F)cc(F)c3)NC(C)=O)CCCCC2)c1. The van der Waals surface area contributed by atoms with Crippen LogP contribution in [-0.4, -0.2) is 36.8 Å². The van der Waals surface area contributed by atoms with E-state index in [1.165, 1.54) is 24.6 Å². The van der Waals surface area contributed by atoms with Crippen LogP contribution in [0.15, 0.2) is 36.4 Å². The third-order valence-electron chi connectivity index (χ3n) is 7.15. The molecule has 0 spiro atoms. The molecule has 1 amide bonds. The molecule has 1 aliphatic rings. The summed E-state index contributed by atoms with van der Waals surface area (Å²) in [5.74, 6) is -0.888. The molecule has 1 fully saturated rings. The monoisotopic (exact) mass is 502 g/mol. The average Bonchev–Trinajstić information content (AvgIpc) is 2.81. The highest BCUT2D eigenvalue weighted by molar-refractivity contribution is 5.73. The van der Waals surface area contributed by atoms with Crippen molar-refractivity contribution in [2.75, 3.05) is 13.7 Å². The summed E-state index contributed by atoms with van der Waals surface area (Å²) in [7, 11) is 1.67. The third-order valence-corrected chi connectivity index (χ3v) is 7.15. The zero-order chi connectivity index (χ0) is 26.5. The number of carbonyl (C=O) groups excluding carboxylic acids is 1. The van der Waals surface area contributed by atoms with Gasteiger partial charge in [0.1, 0.15) is 17.4 Å². The first-order chi connectivity index (χ1) is 16.9. The lowest BCUT2D eigenvalue weighted by Crippen LogP contribution is -2.53. The molecule has 7 heteroatoms. The van der Waals surface area contributed by atoms with Gasteiger partial charge < -0.3 is 20.5 Å². The van der Waals surface area contributed by atoms with Gasteiger partial charge in [-0.05, 0) is 65.6 Å². The number of halogens is 2. The van der Waals surface area contributed by atoms with Gasteiger partial charge in [-0.1, -0.05) is 46.1 Å². The van der Waals surface area contributed by atoms with Gasteiger partial charge in [-0.25, -0.2) is 8.78 Å². The molecule has 1 aliphatic carbocycles. The minimum atomic E-state index is -0.966. The quantitative estimate of drug-likeness (QED) is 0.445. The maximum Gasteiger partial charge on any atom is 0.217 e. The summed E-state index contributed by atoms with van der Waals surface area (Å²) in [4.78, 5) is 11.9. The maximum absolute atomic E-state index is 13.7. The van der Waals surface area contributed by atoms with Gasteiger partial charge >= 0.3 is 0 Å². The van der Waals surface area contributed by atoms with E-state index in [2.05, 4.69) is 49.6 Å². The Balaban J connectivity index is 1.86. The van der Waals surface area contributed by atoms with Crippen LogP contribution in [0.25, 0.3) is 0 Å². The van der Waals surface area contributed by atoms with Crippen molar-refractivity contribution in [3.63, 3.8) is 0 Å². The molecule has 0 saturated heterocycles.